The third-order valence-corrected chi connectivity index (χ3v) is 2.05. The predicted octanol–water partition coefficient (Wildman–Crippen LogP) is -0.258. The molecule has 68 valence electrons. The number of hydrogen-bond acceptors (Lipinski definition) is 2. The van der Waals surface area contributed by atoms with Crippen LogP contribution in [0.2, 0.25) is 0 Å². The maximum atomic E-state index is 11.3. The number of nitrogens with zero attached hydrogens (tertiary/aromatic N) is 1. The molecule has 0 aromatic carbocycles. The molecular weight excluding hydrogens is 156 g/mol. The van der Waals surface area contributed by atoms with Crippen molar-refractivity contribution in [1.29, 1.82) is 0 Å². The number of nitrogens with one attached hydrogen (secondary N) is 1. The fourth-order valence-electron chi connectivity index (χ4n) is 1.48. The third-order valence-electron chi connectivity index (χ3n) is 2.05. The second kappa shape index (κ2) is 3.13. The Morgan fingerprint density at radius 2 is 2.08 bits per heavy atom. The lowest BCUT2D eigenvalue weighted by molar-refractivity contribution is -0.146. The number of hydrogen-bond donors (Lipinski definition) is 1. The van der Waals surface area contributed by atoms with Crippen LogP contribution in [-0.2, 0) is 9.59 Å². The van der Waals surface area contributed by atoms with Crippen molar-refractivity contribution in [3.63, 3.8) is 0 Å². The van der Waals surface area contributed by atoms with E-state index in [0.717, 1.165) is 0 Å². The lowest BCUT2D eigenvalue weighted by atomic mass is 10.1. The van der Waals surface area contributed by atoms with Crippen LogP contribution in [0.25, 0.3) is 0 Å². The summed E-state index contributed by atoms with van der Waals surface area (Å²) in [6, 6.07) is -0.232. The van der Waals surface area contributed by atoms with Crippen LogP contribution < -0.4 is 5.32 Å². The molecule has 1 rings (SSSR count). The Kier molecular flexibility index (Phi) is 2.35. The third kappa shape index (κ3) is 1.42. The smallest absolute Gasteiger partial charge is 0.242 e. The van der Waals surface area contributed by atoms with Gasteiger partial charge in [-0.3, -0.25) is 9.59 Å². The SMILES string of the molecule is CC(C)N1C(=O)CNC(=O)[C@@H]1C. The van der Waals surface area contributed by atoms with Crippen molar-refractivity contribution in [2.75, 3.05) is 6.54 Å². The van der Waals surface area contributed by atoms with E-state index in [2.05, 4.69) is 5.32 Å². The first-order valence-corrected chi connectivity index (χ1v) is 4.13. The Hall–Kier alpha value is -1.06. The normalized spacial score (nSPS) is 24.7. The van der Waals surface area contributed by atoms with Gasteiger partial charge in [-0.05, 0) is 20.8 Å². The first kappa shape index (κ1) is 9.03. The molecule has 1 atom stereocenters. The van der Waals surface area contributed by atoms with Gasteiger partial charge < -0.3 is 10.2 Å². The Morgan fingerprint density at radius 1 is 1.50 bits per heavy atom. The fraction of sp³-hybridized carbons (Fsp3) is 0.750. The van der Waals surface area contributed by atoms with Crippen molar-refractivity contribution in [1.82, 2.24) is 10.2 Å². The summed E-state index contributed by atoms with van der Waals surface area (Å²) in [4.78, 5) is 24.1. The van der Waals surface area contributed by atoms with Crippen LogP contribution in [0.3, 0.4) is 0 Å². The molecule has 1 aliphatic heterocycles. The summed E-state index contributed by atoms with van der Waals surface area (Å²) in [5.41, 5.74) is 0. The standard InChI is InChI=1S/C8H14N2O2/c1-5(2)10-6(3)8(12)9-4-7(10)11/h5-6H,4H2,1-3H3,(H,9,12)/t6-/m0/s1. The van der Waals surface area contributed by atoms with Crippen LogP contribution in [0, 0.1) is 0 Å². The van der Waals surface area contributed by atoms with E-state index in [1.54, 1.807) is 11.8 Å². The molecule has 0 aromatic rings. The monoisotopic (exact) mass is 170 g/mol. The zero-order chi connectivity index (χ0) is 9.30. The van der Waals surface area contributed by atoms with Gasteiger partial charge in [0.1, 0.15) is 6.04 Å². The zero-order valence-corrected chi connectivity index (χ0v) is 7.63. The Bertz CT molecular complexity index is 213. The fourth-order valence-corrected chi connectivity index (χ4v) is 1.48. The van der Waals surface area contributed by atoms with Crippen molar-refractivity contribution < 1.29 is 9.59 Å². The van der Waals surface area contributed by atoms with Gasteiger partial charge in [0.05, 0.1) is 6.54 Å². The molecule has 1 fully saturated rings. The molecule has 0 aliphatic carbocycles. The minimum atomic E-state index is -0.328. The Balaban J connectivity index is 2.78. The average Bonchev–Trinajstić information content (AvgIpc) is 1.97. The van der Waals surface area contributed by atoms with Gasteiger partial charge >= 0.3 is 0 Å². The van der Waals surface area contributed by atoms with E-state index in [4.69, 9.17) is 0 Å². The number of piperazine rings is 1. The lowest BCUT2D eigenvalue weighted by Crippen LogP contribution is -2.59. The van der Waals surface area contributed by atoms with Crippen LogP contribution in [0.4, 0.5) is 0 Å². The van der Waals surface area contributed by atoms with Crippen LogP contribution in [0.15, 0.2) is 0 Å². The van der Waals surface area contributed by atoms with Crippen LogP contribution in [-0.4, -0.2) is 35.3 Å². The molecule has 0 spiro atoms. The van der Waals surface area contributed by atoms with Crippen LogP contribution in [0.1, 0.15) is 20.8 Å². The highest BCUT2D eigenvalue weighted by molar-refractivity contribution is 5.94. The maximum Gasteiger partial charge on any atom is 0.242 e. The summed E-state index contributed by atoms with van der Waals surface area (Å²) >= 11 is 0. The Morgan fingerprint density at radius 3 is 2.50 bits per heavy atom. The maximum absolute atomic E-state index is 11.3. The molecule has 0 radical (unpaired) electrons. The second-order valence-electron chi connectivity index (χ2n) is 3.29. The zero-order valence-electron chi connectivity index (χ0n) is 7.63. The van der Waals surface area contributed by atoms with Crippen LogP contribution >= 0.6 is 0 Å². The quantitative estimate of drug-likeness (QED) is 0.589. The summed E-state index contributed by atoms with van der Waals surface area (Å²) in [6.45, 7) is 5.70. The van der Waals surface area contributed by atoms with Gasteiger partial charge in [-0.15, -0.1) is 0 Å². The molecule has 12 heavy (non-hydrogen) atoms. The molecule has 0 aromatic heterocycles. The van der Waals surface area contributed by atoms with Gasteiger partial charge in [-0.1, -0.05) is 0 Å². The molecule has 4 nitrogen and oxygen atoms in total. The average molecular weight is 170 g/mol. The van der Waals surface area contributed by atoms with Crippen molar-refractivity contribution >= 4 is 11.8 Å². The highest BCUT2D eigenvalue weighted by Crippen LogP contribution is 2.09. The van der Waals surface area contributed by atoms with E-state index in [0.29, 0.717) is 0 Å². The van der Waals surface area contributed by atoms with Crippen molar-refractivity contribution in [2.24, 2.45) is 0 Å². The summed E-state index contributed by atoms with van der Waals surface area (Å²) in [6.07, 6.45) is 0. The predicted molar refractivity (Wildman–Crippen MR) is 44.5 cm³/mol. The van der Waals surface area contributed by atoms with Gasteiger partial charge in [0.15, 0.2) is 0 Å². The van der Waals surface area contributed by atoms with Gasteiger partial charge in [-0.25, -0.2) is 0 Å². The molecule has 0 unspecified atom stereocenters. The number of carbonyl (C=O) groups is 2. The molecule has 0 bridgehead atoms. The van der Waals surface area contributed by atoms with E-state index >= 15 is 0 Å². The van der Waals surface area contributed by atoms with Gasteiger partial charge in [-0.2, -0.15) is 0 Å². The van der Waals surface area contributed by atoms with E-state index < -0.39 is 0 Å². The summed E-state index contributed by atoms with van der Waals surface area (Å²) in [5, 5.41) is 2.54. The highest BCUT2D eigenvalue weighted by atomic mass is 16.2. The molecule has 1 saturated heterocycles. The lowest BCUT2D eigenvalue weighted by Gasteiger charge is -2.35. The molecule has 4 heteroatoms. The van der Waals surface area contributed by atoms with E-state index in [9.17, 15) is 9.59 Å². The van der Waals surface area contributed by atoms with Crippen molar-refractivity contribution in [3.05, 3.63) is 0 Å². The Labute approximate surface area is 71.9 Å². The second-order valence-corrected chi connectivity index (χ2v) is 3.29. The molecule has 1 N–H and O–H groups in total. The molecule has 1 heterocycles. The minimum Gasteiger partial charge on any atom is -0.345 e. The first-order chi connectivity index (χ1) is 5.54. The van der Waals surface area contributed by atoms with Crippen molar-refractivity contribution in [2.45, 2.75) is 32.9 Å². The van der Waals surface area contributed by atoms with Gasteiger partial charge in [0, 0.05) is 6.04 Å². The number of carbonyl (C=O) groups excluding carboxylic acids is 2. The molecule has 1 aliphatic rings. The van der Waals surface area contributed by atoms with Crippen molar-refractivity contribution in [3.8, 4) is 0 Å². The summed E-state index contributed by atoms with van der Waals surface area (Å²) in [7, 11) is 0. The highest BCUT2D eigenvalue weighted by Gasteiger charge is 2.32. The number of amides is 2. The molecular formula is C8H14N2O2. The summed E-state index contributed by atoms with van der Waals surface area (Å²) < 4.78 is 0. The first-order valence-electron chi connectivity index (χ1n) is 4.13. The van der Waals surface area contributed by atoms with E-state index in [-0.39, 0.29) is 30.4 Å². The largest absolute Gasteiger partial charge is 0.345 e. The number of rotatable bonds is 1. The van der Waals surface area contributed by atoms with E-state index in [1.807, 2.05) is 13.8 Å². The van der Waals surface area contributed by atoms with Gasteiger partial charge in [0.25, 0.3) is 0 Å². The summed E-state index contributed by atoms with van der Waals surface area (Å²) in [5.74, 6) is -0.0691. The van der Waals surface area contributed by atoms with E-state index in [1.165, 1.54) is 0 Å². The topological polar surface area (TPSA) is 49.4 Å². The van der Waals surface area contributed by atoms with Crippen LogP contribution in [0.5, 0.6) is 0 Å². The molecule has 0 saturated carbocycles. The minimum absolute atomic E-state index is 0.00269. The molecule has 2 amide bonds. The van der Waals surface area contributed by atoms with Gasteiger partial charge in [0.2, 0.25) is 11.8 Å².